The average molecular weight is 376 g/mol. The van der Waals surface area contributed by atoms with Crippen molar-refractivity contribution in [1.82, 2.24) is 10.0 Å². The first-order chi connectivity index (χ1) is 12.3. The van der Waals surface area contributed by atoms with E-state index in [9.17, 15) is 18.3 Å². The van der Waals surface area contributed by atoms with E-state index in [0.29, 0.717) is 12.0 Å². The Labute approximate surface area is 154 Å². The van der Waals surface area contributed by atoms with E-state index in [1.54, 1.807) is 18.2 Å². The number of sulfonamides is 1. The molecule has 0 bridgehead atoms. The number of benzene rings is 2. The molecule has 2 aromatic rings. The molecule has 0 saturated carbocycles. The van der Waals surface area contributed by atoms with Crippen LogP contribution in [0.15, 0.2) is 48.5 Å². The molecular formula is C19H24N2O4S. The van der Waals surface area contributed by atoms with Gasteiger partial charge in [0.2, 0.25) is 10.0 Å². The highest BCUT2D eigenvalue weighted by molar-refractivity contribution is 7.88. The van der Waals surface area contributed by atoms with Gasteiger partial charge >= 0.3 is 0 Å². The molecule has 3 N–H and O–H groups in total. The third kappa shape index (κ3) is 5.94. The van der Waals surface area contributed by atoms with Gasteiger partial charge in [0, 0.05) is 18.7 Å². The molecule has 0 spiro atoms. The fraction of sp³-hybridized carbons (Fsp3) is 0.316. The van der Waals surface area contributed by atoms with Crippen molar-refractivity contribution in [3.8, 4) is 11.1 Å². The highest BCUT2D eigenvalue weighted by Crippen LogP contribution is 2.24. The SMILES string of the molecule is CCC(O)c1ccc(-c2cccc(C(=O)NCCNS(C)(=O)=O)c2)cc1. The molecule has 1 amide bonds. The molecule has 0 radical (unpaired) electrons. The minimum atomic E-state index is -3.26. The van der Waals surface area contributed by atoms with Crippen LogP contribution in [0.5, 0.6) is 0 Å². The van der Waals surface area contributed by atoms with Crippen molar-refractivity contribution < 1.29 is 18.3 Å². The summed E-state index contributed by atoms with van der Waals surface area (Å²) < 4.78 is 24.3. The van der Waals surface area contributed by atoms with Crippen LogP contribution in [-0.2, 0) is 10.0 Å². The summed E-state index contributed by atoms with van der Waals surface area (Å²) in [4.78, 5) is 12.2. The van der Waals surface area contributed by atoms with E-state index in [1.165, 1.54) is 0 Å². The van der Waals surface area contributed by atoms with E-state index < -0.39 is 16.1 Å². The number of aliphatic hydroxyl groups excluding tert-OH is 1. The van der Waals surface area contributed by atoms with Gasteiger partial charge in [-0.1, -0.05) is 43.3 Å². The van der Waals surface area contributed by atoms with Crippen LogP contribution in [0.25, 0.3) is 11.1 Å². The lowest BCUT2D eigenvalue weighted by molar-refractivity contribution is 0.0954. The number of aliphatic hydroxyl groups is 1. The summed E-state index contributed by atoms with van der Waals surface area (Å²) in [5.74, 6) is -0.264. The van der Waals surface area contributed by atoms with Gasteiger partial charge in [-0.25, -0.2) is 13.1 Å². The lowest BCUT2D eigenvalue weighted by Crippen LogP contribution is -2.34. The molecule has 0 aliphatic carbocycles. The number of rotatable bonds is 8. The van der Waals surface area contributed by atoms with Crippen LogP contribution >= 0.6 is 0 Å². The molecule has 1 atom stereocenters. The smallest absolute Gasteiger partial charge is 0.251 e. The van der Waals surface area contributed by atoms with E-state index in [2.05, 4.69) is 10.0 Å². The Kier molecular flexibility index (Phi) is 6.90. The maximum Gasteiger partial charge on any atom is 0.251 e. The van der Waals surface area contributed by atoms with Crippen LogP contribution in [0.4, 0.5) is 0 Å². The molecule has 2 aromatic carbocycles. The third-order valence-corrected chi connectivity index (χ3v) is 4.64. The first-order valence-electron chi connectivity index (χ1n) is 8.41. The zero-order valence-electron chi connectivity index (χ0n) is 14.9. The van der Waals surface area contributed by atoms with Crippen molar-refractivity contribution in [1.29, 1.82) is 0 Å². The van der Waals surface area contributed by atoms with Gasteiger partial charge in [0.25, 0.3) is 5.91 Å². The summed E-state index contributed by atoms with van der Waals surface area (Å²) >= 11 is 0. The highest BCUT2D eigenvalue weighted by atomic mass is 32.2. The van der Waals surface area contributed by atoms with Crippen molar-refractivity contribution in [2.75, 3.05) is 19.3 Å². The summed E-state index contributed by atoms with van der Waals surface area (Å²) in [5.41, 5.74) is 3.21. The van der Waals surface area contributed by atoms with Crippen molar-refractivity contribution >= 4 is 15.9 Å². The topological polar surface area (TPSA) is 95.5 Å². The van der Waals surface area contributed by atoms with Crippen molar-refractivity contribution in [2.24, 2.45) is 0 Å². The number of nitrogens with one attached hydrogen (secondary N) is 2. The van der Waals surface area contributed by atoms with Gasteiger partial charge in [-0.3, -0.25) is 4.79 Å². The minimum absolute atomic E-state index is 0.144. The summed E-state index contributed by atoms with van der Waals surface area (Å²) in [5, 5.41) is 12.5. The first kappa shape index (κ1) is 20.1. The van der Waals surface area contributed by atoms with Crippen LogP contribution in [-0.4, -0.2) is 38.8 Å². The molecule has 0 aromatic heterocycles. The zero-order chi connectivity index (χ0) is 19.2. The Bertz CT molecular complexity index is 848. The number of hydrogen-bond acceptors (Lipinski definition) is 4. The second-order valence-corrected chi connectivity index (χ2v) is 7.88. The Balaban J connectivity index is 2.04. The largest absolute Gasteiger partial charge is 0.388 e. The molecule has 2 rings (SSSR count). The zero-order valence-corrected chi connectivity index (χ0v) is 15.7. The molecule has 7 heteroatoms. The Hall–Kier alpha value is -2.22. The second-order valence-electron chi connectivity index (χ2n) is 6.05. The van der Waals surface area contributed by atoms with Gasteiger partial charge < -0.3 is 10.4 Å². The van der Waals surface area contributed by atoms with E-state index >= 15 is 0 Å². The first-order valence-corrected chi connectivity index (χ1v) is 10.3. The number of carbonyl (C=O) groups is 1. The fourth-order valence-corrected chi connectivity index (χ4v) is 2.96. The molecule has 0 fully saturated rings. The van der Waals surface area contributed by atoms with Crippen LogP contribution < -0.4 is 10.0 Å². The monoisotopic (exact) mass is 376 g/mol. The summed E-state index contributed by atoms with van der Waals surface area (Å²) in [6.07, 6.45) is 1.26. The van der Waals surface area contributed by atoms with Crippen molar-refractivity contribution in [2.45, 2.75) is 19.4 Å². The average Bonchev–Trinajstić information content (AvgIpc) is 2.64. The molecular weight excluding hydrogens is 352 g/mol. The summed E-state index contributed by atoms with van der Waals surface area (Å²) in [6.45, 7) is 2.28. The number of carbonyl (C=O) groups excluding carboxylic acids is 1. The Morgan fingerprint density at radius 2 is 1.77 bits per heavy atom. The molecule has 0 aliphatic rings. The molecule has 140 valence electrons. The quantitative estimate of drug-likeness (QED) is 0.615. The number of hydrogen-bond donors (Lipinski definition) is 3. The summed E-state index contributed by atoms with van der Waals surface area (Å²) in [6, 6.07) is 14.8. The predicted molar refractivity (Wildman–Crippen MR) is 102 cm³/mol. The van der Waals surface area contributed by atoms with Crippen LogP contribution in [0.1, 0.15) is 35.4 Å². The molecule has 0 saturated heterocycles. The van der Waals surface area contributed by atoms with Gasteiger partial charge in [0.1, 0.15) is 0 Å². The highest BCUT2D eigenvalue weighted by Gasteiger charge is 2.09. The van der Waals surface area contributed by atoms with Gasteiger partial charge in [-0.15, -0.1) is 0 Å². The van der Waals surface area contributed by atoms with Crippen LogP contribution in [0.3, 0.4) is 0 Å². The van der Waals surface area contributed by atoms with Gasteiger partial charge in [0.05, 0.1) is 12.4 Å². The minimum Gasteiger partial charge on any atom is -0.388 e. The van der Waals surface area contributed by atoms with E-state index in [0.717, 1.165) is 22.9 Å². The number of amides is 1. The lowest BCUT2D eigenvalue weighted by Gasteiger charge is -2.10. The lowest BCUT2D eigenvalue weighted by atomic mass is 9.99. The van der Waals surface area contributed by atoms with E-state index in [1.807, 2.05) is 37.3 Å². The summed E-state index contributed by atoms with van der Waals surface area (Å²) in [7, 11) is -3.26. The normalized spacial score (nSPS) is 12.6. The van der Waals surface area contributed by atoms with Gasteiger partial charge in [-0.2, -0.15) is 0 Å². The molecule has 0 heterocycles. The van der Waals surface area contributed by atoms with Crippen molar-refractivity contribution in [3.05, 3.63) is 59.7 Å². The van der Waals surface area contributed by atoms with Crippen LogP contribution in [0.2, 0.25) is 0 Å². The van der Waals surface area contributed by atoms with E-state index in [-0.39, 0.29) is 19.0 Å². The maximum absolute atomic E-state index is 12.2. The van der Waals surface area contributed by atoms with Gasteiger partial charge in [0.15, 0.2) is 0 Å². The second kappa shape index (κ2) is 8.93. The standard InChI is InChI=1S/C19H24N2O4S/c1-3-18(22)15-9-7-14(8-10-15)16-5-4-6-17(13-16)19(23)20-11-12-21-26(2,24)25/h4-10,13,18,21-22H,3,11-12H2,1-2H3,(H,20,23). The fourth-order valence-electron chi connectivity index (χ4n) is 2.49. The van der Waals surface area contributed by atoms with Crippen LogP contribution in [0, 0.1) is 0 Å². The maximum atomic E-state index is 12.2. The molecule has 26 heavy (non-hydrogen) atoms. The van der Waals surface area contributed by atoms with Gasteiger partial charge in [-0.05, 0) is 35.2 Å². The Morgan fingerprint density at radius 1 is 1.08 bits per heavy atom. The predicted octanol–water partition coefficient (Wildman–Crippen LogP) is 2.08. The Morgan fingerprint density at radius 3 is 2.38 bits per heavy atom. The molecule has 6 nitrogen and oxygen atoms in total. The van der Waals surface area contributed by atoms with Crippen molar-refractivity contribution in [3.63, 3.8) is 0 Å². The third-order valence-electron chi connectivity index (χ3n) is 3.92. The molecule has 1 unspecified atom stereocenters. The molecule has 0 aliphatic heterocycles. The van der Waals surface area contributed by atoms with E-state index in [4.69, 9.17) is 0 Å².